The molecule has 1 saturated heterocycles. The minimum absolute atomic E-state index is 0.170. The van der Waals surface area contributed by atoms with Gasteiger partial charge in [-0.1, -0.05) is 38.1 Å². The molecule has 1 fully saturated rings. The van der Waals surface area contributed by atoms with Gasteiger partial charge >= 0.3 is 0 Å². The van der Waals surface area contributed by atoms with E-state index in [4.69, 9.17) is 0 Å². The number of rotatable bonds is 6. The van der Waals surface area contributed by atoms with E-state index in [0.717, 1.165) is 25.8 Å². The van der Waals surface area contributed by atoms with Gasteiger partial charge in [-0.3, -0.25) is 0 Å². The Morgan fingerprint density at radius 3 is 2.65 bits per heavy atom. The molecule has 1 heterocycles. The van der Waals surface area contributed by atoms with Gasteiger partial charge in [-0.05, 0) is 42.9 Å². The lowest BCUT2D eigenvalue weighted by atomic mass is 9.88. The summed E-state index contributed by atoms with van der Waals surface area (Å²) >= 11 is 0. The minimum Gasteiger partial charge on any atom is -0.310 e. The van der Waals surface area contributed by atoms with E-state index in [9.17, 15) is 8.42 Å². The zero-order valence-electron chi connectivity index (χ0n) is 12.4. The first-order valence-corrected chi connectivity index (χ1v) is 9.41. The Hall–Kier alpha value is -0.870. The van der Waals surface area contributed by atoms with Crippen molar-refractivity contribution in [3.8, 4) is 0 Å². The standard InChI is InChI=1S/C16H25NO2S/c1-3-10-17-16(14-9-11-20(18,19)12-14)15-8-6-5-7-13(15)4-2/h5-8,14,16-17H,3-4,9-12H2,1-2H3. The van der Waals surface area contributed by atoms with E-state index >= 15 is 0 Å². The Morgan fingerprint density at radius 1 is 1.30 bits per heavy atom. The number of benzene rings is 1. The summed E-state index contributed by atoms with van der Waals surface area (Å²) in [5.41, 5.74) is 2.61. The molecule has 2 unspecified atom stereocenters. The van der Waals surface area contributed by atoms with Crippen LogP contribution in [0.5, 0.6) is 0 Å². The molecule has 0 aromatic heterocycles. The van der Waals surface area contributed by atoms with E-state index in [0.29, 0.717) is 11.5 Å². The Kier molecular flexibility index (Phi) is 5.22. The molecule has 1 aromatic rings. The third-order valence-electron chi connectivity index (χ3n) is 4.12. The molecule has 0 aliphatic carbocycles. The Balaban J connectivity index is 2.27. The average Bonchev–Trinajstić information content (AvgIpc) is 2.80. The normalized spacial score (nSPS) is 22.8. The molecule has 4 heteroatoms. The van der Waals surface area contributed by atoms with Crippen molar-refractivity contribution in [1.82, 2.24) is 5.32 Å². The van der Waals surface area contributed by atoms with Gasteiger partial charge in [-0.15, -0.1) is 0 Å². The summed E-state index contributed by atoms with van der Waals surface area (Å²) in [4.78, 5) is 0. The Bertz CT molecular complexity index is 539. The first kappa shape index (κ1) is 15.5. The van der Waals surface area contributed by atoms with Crippen molar-refractivity contribution in [2.24, 2.45) is 5.92 Å². The smallest absolute Gasteiger partial charge is 0.150 e. The molecule has 1 N–H and O–H groups in total. The van der Waals surface area contributed by atoms with Crippen molar-refractivity contribution in [1.29, 1.82) is 0 Å². The SMILES string of the molecule is CCCNC(c1ccccc1CC)C1CCS(=O)(=O)C1. The maximum Gasteiger partial charge on any atom is 0.150 e. The lowest BCUT2D eigenvalue weighted by molar-refractivity contribution is 0.391. The second kappa shape index (κ2) is 6.72. The molecule has 112 valence electrons. The molecule has 1 aliphatic heterocycles. The zero-order valence-corrected chi connectivity index (χ0v) is 13.2. The van der Waals surface area contributed by atoms with Gasteiger partial charge in [0.1, 0.15) is 0 Å². The summed E-state index contributed by atoms with van der Waals surface area (Å²) in [7, 11) is -2.83. The van der Waals surface area contributed by atoms with Crippen LogP contribution in [0, 0.1) is 5.92 Å². The Morgan fingerprint density at radius 2 is 2.05 bits per heavy atom. The molecule has 3 nitrogen and oxygen atoms in total. The topological polar surface area (TPSA) is 46.2 Å². The lowest BCUT2D eigenvalue weighted by Crippen LogP contribution is -2.30. The van der Waals surface area contributed by atoms with Gasteiger partial charge in [-0.2, -0.15) is 0 Å². The van der Waals surface area contributed by atoms with E-state index in [1.807, 2.05) is 0 Å². The summed E-state index contributed by atoms with van der Waals surface area (Å²) in [6, 6.07) is 8.59. The van der Waals surface area contributed by atoms with Crippen molar-refractivity contribution < 1.29 is 8.42 Å². The highest BCUT2D eigenvalue weighted by atomic mass is 32.2. The maximum atomic E-state index is 11.8. The highest BCUT2D eigenvalue weighted by molar-refractivity contribution is 7.91. The molecule has 1 aromatic carbocycles. The van der Waals surface area contributed by atoms with Crippen molar-refractivity contribution in [2.45, 2.75) is 39.2 Å². The lowest BCUT2D eigenvalue weighted by Gasteiger charge is -2.26. The van der Waals surface area contributed by atoms with E-state index in [2.05, 4.69) is 43.4 Å². The Labute approximate surface area is 122 Å². The molecular weight excluding hydrogens is 270 g/mol. The number of aryl methyl sites for hydroxylation is 1. The van der Waals surface area contributed by atoms with Crippen LogP contribution in [0.4, 0.5) is 0 Å². The molecule has 0 bridgehead atoms. The van der Waals surface area contributed by atoms with Gasteiger partial charge in [-0.25, -0.2) is 8.42 Å². The van der Waals surface area contributed by atoms with Crippen LogP contribution in [0.1, 0.15) is 43.9 Å². The van der Waals surface area contributed by atoms with E-state index < -0.39 is 9.84 Å². The summed E-state index contributed by atoms with van der Waals surface area (Å²) in [5, 5.41) is 3.58. The van der Waals surface area contributed by atoms with Crippen LogP contribution in [0.2, 0.25) is 0 Å². The fourth-order valence-corrected chi connectivity index (χ4v) is 4.92. The van der Waals surface area contributed by atoms with Gasteiger partial charge in [0.2, 0.25) is 0 Å². The predicted molar refractivity (Wildman–Crippen MR) is 83.6 cm³/mol. The van der Waals surface area contributed by atoms with Gasteiger partial charge in [0, 0.05) is 6.04 Å². The van der Waals surface area contributed by atoms with Crippen LogP contribution in [-0.2, 0) is 16.3 Å². The van der Waals surface area contributed by atoms with Gasteiger partial charge < -0.3 is 5.32 Å². The monoisotopic (exact) mass is 295 g/mol. The third kappa shape index (κ3) is 3.61. The third-order valence-corrected chi connectivity index (χ3v) is 5.92. The number of hydrogen-bond donors (Lipinski definition) is 1. The van der Waals surface area contributed by atoms with E-state index in [1.165, 1.54) is 11.1 Å². The highest BCUT2D eigenvalue weighted by Crippen LogP contribution is 2.33. The first-order chi connectivity index (χ1) is 9.57. The molecule has 0 saturated carbocycles. The largest absolute Gasteiger partial charge is 0.310 e. The van der Waals surface area contributed by atoms with Crippen molar-refractivity contribution in [2.75, 3.05) is 18.1 Å². The van der Waals surface area contributed by atoms with Crippen molar-refractivity contribution in [3.05, 3.63) is 35.4 Å². The minimum atomic E-state index is -2.83. The molecule has 20 heavy (non-hydrogen) atoms. The van der Waals surface area contributed by atoms with Crippen LogP contribution >= 0.6 is 0 Å². The molecule has 0 spiro atoms. The molecule has 2 atom stereocenters. The number of sulfone groups is 1. The van der Waals surface area contributed by atoms with Crippen LogP contribution in [0.15, 0.2) is 24.3 Å². The number of nitrogens with one attached hydrogen (secondary N) is 1. The predicted octanol–water partition coefficient (Wildman–Crippen LogP) is 2.72. The summed E-state index contributed by atoms with van der Waals surface area (Å²) in [5.74, 6) is 0.877. The second-order valence-electron chi connectivity index (χ2n) is 5.65. The molecular formula is C16H25NO2S. The maximum absolute atomic E-state index is 11.8. The van der Waals surface area contributed by atoms with E-state index in [-0.39, 0.29) is 12.0 Å². The van der Waals surface area contributed by atoms with Crippen molar-refractivity contribution in [3.63, 3.8) is 0 Å². The first-order valence-electron chi connectivity index (χ1n) is 7.59. The van der Waals surface area contributed by atoms with Crippen LogP contribution in [-0.4, -0.2) is 26.5 Å². The summed E-state index contributed by atoms with van der Waals surface area (Å²) in [6.45, 7) is 5.22. The molecule has 2 rings (SSSR count). The fourth-order valence-electron chi connectivity index (χ4n) is 3.08. The van der Waals surface area contributed by atoms with Crippen molar-refractivity contribution >= 4 is 9.84 Å². The molecule has 0 amide bonds. The zero-order chi connectivity index (χ0) is 14.6. The second-order valence-corrected chi connectivity index (χ2v) is 7.88. The molecule has 1 aliphatic rings. The van der Waals surface area contributed by atoms with Crippen LogP contribution in [0.3, 0.4) is 0 Å². The fraction of sp³-hybridized carbons (Fsp3) is 0.625. The van der Waals surface area contributed by atoms with Crippen LogP contribution < -0.4 is 5.32 Å². The summed E-state index contributed by atoms with van der Waals surface area (Å²) < 4.78 is 23.6. The van der Waals surface area contributed by atoms with Crippen LogP contribution in [0.25, 0.3) is 0 Å². The van der Waals surface area contributed by atoms with Gasteiger partial charge in [0.05, 0.1) is 11.5 Å². The number of hydrogen-bond acceptors (Lipinski definition) is 3. The quantitative estimate of drug-likeness (QED) is 0.878. The molecule has 0 radical (unpaired) electrons. The van der Waals surface area contributed by atoms with Gasteiger partial charge in [0.15, 0.2) is 9.84 Å². The van der Waals surface area contributed by atoms with E-state index in [1.54, 1.807) is 0 Å². The average molecular weight is 295 g/mol. The summed E-state index contributed by atoms with van der Waals surface area (Å²) in [6.07, 6.45) is 2.83. The highest BCUT2D eigenvalue weighted by Gasteiger charge is 2.34. The van der Waals surface area contributed by atoms with Gasteiger partial charge in [0.25, 0.3) is 0 Å².